The van der Waals surface area contributed by atoms with E-state index in [1.54, 1.807) is 21.9 Å². The van der Waals surface area contributed by atoms with E-state index in [1.165, 1.54) is 23.1 Å². The highest BCUT2D eigenvalue weighted by Crippen LogP contribution is 2.66. The Hall–Kier alpha value is -1.60. The van der Waals surface area contributed by atoms with Gasteiger partial charge in [0.05, 0.1) is 0 Å². The number of rotatable bonds is 8. The molecule has 39 heavy (non-hydrogen) atoms. The van der Waals surface area contributed by atoms with E-state index in [0.717, 1.165) is 5.54 Å². The van der Waals surface area contributed by atoms with Gasteiger partial charge in [0.15, 0.2) is 0 Å². The van der Waals surface area contributed by atoms with Gasteiger partial charge < -0.3 is 0 Å². The molecule has 216 valence electrons. The minimum absolute atomic E-state index is 0.0616. The Balaban J connectivity index is 2.60. The van der Waals surface area contributed by atoms with Crippen LogP contribution in [0, 0.1) is 11.3 Å². The molecule has 1 fully saturated rings. The highest BCUT2D eigenvalue weighted by Gasteiger charge is 2.64. The molecule has 0 bridgehead atoms. The first kappa shape index (κ1) is 31.9. The van der Waals surface area contributed by atoms with Crippen LogP contribution in [0.15, 0.2) is 42.1 Å². The van der Waals surface area contributed by atoms with E-state index in [1.807, 2.05) is 0 Å². The maximum absolute atomic E-state index is 2.96. The highest BCUT2D eigenvalue weighted by atomic mass is 28.3. The summed E-state index contributed by atoms with van der Waals surface area (Å²) in [6.45, 7) is 36.8. The van der Waals surface area contributed by atoms with Gasteiger partial charge in [0.1, 0.15) is 8.07 Å². The Labute approximate surface area is 244 Å². The molecular weight excluding hydrogens is 485 g/mol. The minimum atomic E-state index is -2.19. The molecule has 0 aromatic heterocycles. The van der Waals surface area contributed by atoms with Crippen LogP contribution in [0.3, 0.4) is 0 Å². The van der Waals surface area contributed by atoms with Crippen molar-refractivity contribution in [2.75, 3.05) is 0 Å². The summed E-state index contributed by atoms with van der Waals surface area (Å²) in [5.41, 5.74) is 13.1. The minimum Gasteiger partial charge on any atom is -0.0849 e. The summed E-state index contributed by atoms with van der Waals surface area (Å²) in [5.74, 6) is 2.74. The van der Waals surface area contributed by atoms with Crippen molar-refractivity contribution in [3.63, 3.8) is 0 Å². The van der Waals surface area contributed by atoms with Crippen LogP contribution in [0.4, 0.5) is 0 Å². The standard InChI is InChI=1S/C38H60Si/c1-24(2)29-20-32(26(5)6)36(33(21-29)27(7)8)39(35(28(9)10)22-38(39,14)15)23-34(37(11,12)13)31-19-17-16-18-30(31)25(3)4/h16-21,23-28,35H,22H2,1-15H3/b34-23+. The Morgan fingerprint density at radius 1 is 0.769 bits per heavy atom. The van der Waals surface area contributed by atoms with Gasteiger partial charge in [0.25, 0.3) is 0 Å². The van der Waals surface area contributed by atoms with Crippen molar-refractivity contribution in [3.8, 4) is 0 Å². The lowest BCUT2D eigenvalue weighted by atomic mass is 9.80. The van der Waals surface area contributed by atoms with E-state index in [4.69, 9.17) is 0 Å². The average Bonchev–Trinajstić information content (AvgIpc) is 2.81. The first-order valence-electron chi connectivity index (χ1n) is 15.9. The lowest BCUT2D eigenvalue weighted by molar-refractivity contribution is 0.391. The predicted molar refractivity (Wildman–Crippen MR) is 179 cm³/mol. The smallest absolute Gasteiger partial charge is 0.0849 e. The zero-order valence-corrected chi connectivity index (χ0v) is 29.2. The summed E-state index contributed by atoms with van der Waals surface area (Å²) in [7, 11) is -2.19. The lowest BCUT2D eigenvalue weighted by Crippen LogP contribution is -2.69. The summed E-state index contributed by atoms with van der Waals surface area (Å²) in [5, 5.41) is 2.09. The molecule has 1 aliphatic rings. The van der Waals surface area contributed by atoms with Crippen LogP contribution in [0.5, 0.6) is 0 Å². The molecular formula is C38H60Si. The number of benzene rings is 2. The highest BCUT2D eigenvalue weighted by molar-refractivity contribution is 7.02. The van der Waals surface area contributed by atoms with Crippen molar-refractivity contribution >= 4 is 18.8 Å². The molecule has 1 aliphatic heterocycles. The maximum Gasteiger partial charge on any atom is 0.120 e. The number of hydrogen-bond donors (Lipinski definition) is 0. The summed E-state index contributed by atoms with van der Waals surface area (Å²) in [6.07, 6.45) is 1.33. The van der Waals surface area contributed by atoms with Crippen molar-refractivity contribution in [2.45, 2.75) is 145 Å². The molecule has 2 atom stereocenters. The van der Waals surface area contributed by atoms with Gasteiger partial charge in [-0.2, -0.15) is 0 Å². The maximum atomic E-state index is 2.96. The summed E-state index contributed by atoms with van der Waals surface area (Å²) < 4.78 is 0. The molecule has 0 radical (unpaired) electrons. The molecule has 0 nitrogen and oxygen atoms in total. The predicted octanol–water partition coefficient (Wildman–Crippen LogP) is 11.7. The molecule has 3 rings (SSSR count). The van der Waals surface area contributed by atoms with Gasteiger partial charge in [-0.3, -0.25) is 0 Å². The third-order valence-corrected chi connectivity index (χ3v) is 16.5. The first-order chi connectivity index (χ1) is 17.9. The Morgan fingerprint density at radius 3 is 1.64 bits per heavy atom. The van der Waals surface area contributed by atoms with E-state index < -0.39 is 8.07 Å². The molecule has 1 heterocycles. The van der Waals surface area contributed by atoms with Crippen LogP contribution in [0.25, 0.3) is 5.57 Å². The summed E-state index contributed by atoms with van der Waals surface area (Å²) in [6, 6.07) is 14.5. The molecule has 0 spiro atoms. The first-order valence-corrected chi connectivity index (χ1v) is 18.0. The van der Waals surface area contributed by atoms with Crippen LogP contribution in [0.2, 0.25) is 10.6 Å². The van der Waals surface area contributed by atoms with Crippen LogP contribution in [-0.2, 0) is 0 Å². The molecule has 0 amide bonds. The van der Waals surface area contributed by atoms with Gasteiger partial charge in [0.2, 0.25) is 0 Å². The summed E-state index contributed by atoms with van der Waals surface area (Å²) in [4.78, 5) is 0. The Morgan fingerprint density at radius 2 is 1.26 bits per heavy atom. The molecule has 2 aromatic carbocycles. The van der Waals surface area contributed by atoms with E-state index in [0.29, 0.717) is 34.6 Å². The van der Waals surface area contributed by atoms with E-state index >= 15 is 0 Å². The molecule has 0 N–H and O–H groups in total. The van der Waals surface area contributed by atoms with E-state index in [2.05, 4.69) is 146 Å². The Kier molecular flexibility index (Phi) is 9.29. The number of hydrogen-bond acceptors (Lipinski definition) is 0. The summed E-state index contributed by atoms with van der Waals surface area (Å²) >= 11 is 0. The van der Waals surface area contributed by atoms with Gasteiger partial charge in [0, 0.05) is 0 Å². The zero-order valence-electron chi connectivity index (χ0n) is 28.2. The van der Waals surface area contributed by atoms with Crippen LogP contribution < -0.4 is 5.19 Å². The fourth-order valence-electron chi connectivity index (χ4n) is 7.52. The quantitative estimate of drug-likeness (QED) is 0.290. The van der Waals surface area contributed by atoms with Crippen LogP contribution >= 0.6 is 0 Å². The third-order valence-electron chi connectivity index (χ3n) is 9.84. The lowest BCUT2D eigenvalue weighted by Gasteiger charge is -2.63. The van der Waals surface area contributed by atoms with Gasteiger partial charge in [-0.15, -0.1) is 0 Å². The van der Waals surface area contributed by atoms with E-state index in [-0.39, 0.29) is 5.41 Å². The largest absolute Gasteiger partial charge is 0.120 e. The van der Waals surface area contributed by atoms with Crippen molar-refractivity contribution in [3.05, 3.63) is 69.9 Å². The topological polar surface area (TPSA) is 0 Å². The van der Waals surface area contributed by atoms with Crippen LogP contribution in [-0.4, -0.2) is 8.07 Å². The second kappa shape index (κ2) is 11.3. The SMILES string of the molecule is CC(C)c1cc(C(C)C)c([Si]2(/C=C(\c3ccccc3C(C)C)C(C)(C)C)C(C(C)C)CC2(C)C)c(C(C)C)c1. The van der Waals surface area contributed by atoms with Gasteiger partial charge in [-0.05, 0) is 90.6 Å². The molecule has 2 unspecified atom stereocenters. The number of allylic oxidation sites excluding steroid dienone is 1. The molecule has 2 aromatic rings. The van der Waals surface area contributed by atoms with Crippen molar-refractivity contribution in [1.82, 2.24) is 0 Å². The normalized spacial score (nSPS) is 21.9. The zero-order chi connectivity index (χ0) is 29.7. The second-order valence-electron chi connectivity index (χ2n) is 15.9. The fraction of sp³-hybridized carbons (Fsp3) is 0.632. The molecule has 1 saturated heterocycles. The monoisotopic (exact) mass is 544 g/mol. The molecule has 0 saturated carbocycles. The molecule has 0 aliphatic carbocycles. The second-order valence-corrected chi connectivity index (χ2v) is 20.5. The van der Waals surface area contributed by atoms with Gasteiger partial charge in [-0.25, -0.2) is 0 Å². The fourth-order valence-corrected chi connectivity index (χ4v) is 15.1. The third kappa shape index (κ3) is 5.77. The van der Waals surface area contributed by atoms with Gasteiger partial charge in [-0.1, -0.05) is 146 Å². The van der Waals surface area contributed by atoms with Crippen molar-refractivity contribution in [1.29, 1.82) is 0 Å². The van der Waals surface area contributed by atoms with Crippen molar-refractivity contribution < 1.29 is 0 Å². The molecule has 1 heteroatoms. The van der Waals surface area contributed by atoms with Gasteiger partial charge >= 0.3 is 0 Å². The Bertz CT molecular complexity index is 1150. The van der Waals surface area contributed by atoms with E-state index in [9.17, 15) is 0 Å². The van der Waals surface area contributed by atoms with Crippen LogP contribution in [0.1, 0.15) is 162 Å². The average molecular weight is 545 g/mol. The van der Waals surface area contributed by atoms with Crippen molar-refractivity contribution in [2.24, 2.45) is 11.3 Å².